The minimum atomic E-state index is -0.899. The van der Waals surface area contributed by atoms with Crippen LogP contribution in [0.15, 0.2) is 17.3 Å². The Bertz CT molecular complexity index is 535. The second kappa shape index (κ2) is 6.91. The van der Waals surface area contributed by atoms with E-state index < -0.39 is 17.9 Å². The molecule has 6 nitrogen and oxygen atoms in total. The maximum Gasteiger partial charge on any atom is 0.270 e. The SMILES string of the molecule is Cc1cc(C)c(NC(=O)C=NO[C@@H](C)C(N)=O)c(Cl)c1. The van der Waals surface area contributed by atoms with Crippen molar-refractivity contribution < 1.29 is 14.4 Å². The van der Waals surface area contributed by atoms with Gasteiger partial charge < -0.3 is 15.9 Å². The van der Waals surface area contributed by atoms with Crippen molar-refractivity contribution >= 4 is 35.3 Å². The third-order valence-corrected chi connectivity index (χ3v) is 2.77. The normalized spacial score (nSPS) is 12.2. The topological polar surface area (TPSA) is 93.8 Å². The number of primary amides is 1. The number of aryl methyl sites for hydroxylation is 2. The van der Waals surface area contributed by atoms with Crippen LogP contribution < -0.4 is 11.1 Å². The molecule has 0 fully saturated rings. The van der Waals surface area contributed by atoms with Crippen molar-refractivity contribution in [3.05, 3.63) is 28.3 Å². The summed E-state index contributed by atoms with van der Waals surface area (Å²) in [5.74, 6) is -1.18. The fourth-order valence-corrected chi connectivity index (χ4v) is 1.82. The molecule has 2 amide bonds. The number of carbonyl (C=O) groups excluding carboxylic acids is 2. The number of hydrogen-bond donors (Lipinski definition) is 2. The Hall–Kier alpha value is -2.08. The zero-order valence-electron chi connectivity index (χ0n) is 11.4. The zero-order valence-corrected chi connectivity index (χ0v) is 12.2. The number of nitrogens with two attached hydrogens (primary N) is 1. The molecule has 0 saturated heterocycles. The van der Waals surface area contributed by atoms with Gasteiger partial charge in [-0.25, -0.2) is 0 Å². The average Bonchev–Trinajstić information content (AvgIpc) is 2.33. The van der Waals surface area contributed by atoms with E-state index in [0.717, 1.165) is 17.3 Å². The Morgan fingerprint density at radius 1 is 1.45 bits per heavy atom. The van der Waals surface area contributed by atoms with E-state index in [-0.39, 0.29) is 0 Å². The summed E-state index contributed by atoms with van der Waals surface area (Å²) in [6, 6.07) is 3.64. The molecular weight excluding hydrogens is 282 g/mol. The van der Waals surface area contributed by atoms with Crippen LogP contribution >= 0.6 is 11.6 Å². The highest BCUT2D eigenvalue weighted by molar-refractivity contribution is 6.37. The molecule has 20 heavy (non-hydrogen) atoms. The van der Waals surface area contributed by atoms with Crippen LogP contribution in [0.25, 0.3) is 0 Å². The maximum absolute atomic E-state index is 11.6. The number of halogens is 1. The number of benzene rings is 1. The summed E-state index contributed by atoms with van der Waals surface area (Å²) in [7, 11) is 0. The molecular formula is C13H16ClN3O3. The summed E-state index contributed by atoms with van der Waals surface area (Å²) in [6.45, 7) is 5.17. The predicted octanol–water partition coefficient (Wildman–Crippen LogP) is 1.77. The number of nitrogens with one attached hydrogen (secondary N) is 1. The van der Waals surface area contributed by atoms with E-state index in [2.05, 4.69) is 10.5 Å². The molecule has 1 aromatic carbocycles. The van der Waals surface area contributed by atoms with Crippen molar-refractivity contribution in [2.24, 2.45) is 10.9 Å². The largest absolute Gasteiger partial charge is 0.383 e. The second-order valence-corrected chi connectivity index (χ2v) is 4.72. The first-order valence-electron chi connectivity index (χ1n) is 5.87. The Kier molecular flexibility index (Phi) is 5.52. The molecule has 1 atom stereocenters. The molecule has 0 aliphatic carbocycles. The standard InChI is InChI=1S/C13H16ClN3O3/c1-7-4-8(2)12(10(14)5-7)17-11(18)6-16-20-9(3)13(15)19/h4-6,9H,1-3H3,(H2,15,19)(H,17,18)/t9-/m0/s1. The van der Waals surface area contributed by atoms with Gasteiger partial charge in [0.2, 0.25) is 6.10 Å². The molecule has 0 aliphatic rings. The average molecular weight is 298 g/mol. The Balaban J connectivity index is 2.68. The van der Waals surface area contributed by atoms with E-state index in [9.17, 15) is 9.59 Å². The predicted molar refractivity (Wildman–Crippen MR) is 77.8 cm³/mol. The molecule has 0 heterocycles. The lowest BCUT2D eigenvalue weighted by Gasteiger charge is -2.10. The van der Waals surface area contributed by atoms with E-state index in [1.54, 1.807) is 6.07 Å². The third kappa shape index (κ3) is 4.55. The minimum absolute atomic E-state index is 0.440. The van der Waals surface area contributed by atoms with Gasteiger partial charge in [0.05, 0.1) is 10.7 Å². The summed E-state index contributed by atoms with van der Waals surface area (Å²) in [5.41, 5.74) is 7.32. The monoisotopic (exact) mass is 297 g/mol. The lowest BCUT2D eigenvalue weighted by molar-refractivity contribution is -0.128. The second-order valence-electron chi connectivity index (χ2n) is 4.31. The van der Waals surface area contributed by atoms with E-state index >= 15 is 0 Å². The Labute approximate surface area is 121 Å². The van der Waals surface area contributed by atoms with Gasteiger partial charge in [-0.1, -0.05) is 22.8 Å². The first-order chi connectivity index (χ1) is 9.31. The highest BCUT2D eigenvalue weighted by Crippen LogP contribution is 2.26. The van der Waals surface area contributed by atoms with Crippen molar-refractivity contribution in [1.82, 2.24) is 0 Å². The number of oxime groups is 1. The molecule has 0 saturated carbocycles. The van der Waals surface area contributed by atoms with Crippen molar-refractivity contribution in [3.63, 3.8) is 0 Å². The fraction of sp³-hybridized carbons (Fsp3) is 0.308. The lowest BCUT2D eigenvalue weighted by atomic mass is 10.1. The van der Waals surface area contributed by atoms with Crippen molar-refractivity contribution in [3.8, 4) is 0 Å². The van der Waals surface area contributed by atoms with Crippen molar-refractivity contribution in [2.75, 3.05) is 5.32 Å². The fourth-order valence-electron chi connectivity index (χ4n) is 1.45. The number of hydrogen-bond acceptors (Lipinski definition) is 4. The first kappa shape index (κ1) is 16.0. The zero-order chi connectivity index (χ0) is 15.3. The van der Waals surface area contributed by atoms with Gasteiger partial charge in [-0.2, -0.15) is 0 Å². The van der Waals surface area contributed by atoms with Gasteiger partial charge in [-0.3, -0.25) is 9.59 Å². The molecule has 3 N–H and O–H groups in total. The summed E-state index contributed by atoms with van der Waals surface area (Å²) in [6.07, 6.45) is 0.0125. The van der Waals surface area contributed by atoms with Crippen molar-refractivity contribution in [1.29, 1.82) is 0 Å². The summed E-state index contributed by atoms with van der Waals surface area (Å²) in [5, 5.41) is 6.42. The van der Waals surface area contributed by atoms with E-state index in [1.165, 1.54) is 6.92 Å². The van der Waals surface area contributed by atoms with Crippen LogP contribution in [0.2, 0.25) is 5.02 Å². The van der Waals surface area contributed by atoms with Crippen LogP contribution in [-0.4, -0.2) is 24.1 Å². The number of rotatable bonds is 5. The van der Waals surface area contributed by atoms with E-state index in [1.807, 2.05) is 19.9 Å². The van der Waals surface area contributed by atoms with Gasteiger partial charge in [0.25, 0.3) is 11.8 Å². The van der Waals surface area contributed by atoms with E-state index in [0.29, 0.717) is 10.7 Å². The van der Waals surface area contributed by atoms with Gasteiger partial charge >= 0.3 is 0 Å². The Morgan fingerprint density at radius 3 is 2.65 bits per heavy atom. The minimum Gasteiger partial charge on any atom is -0.383 e. The summed E-state index contributed by atoms with van der Waals surface area (Å²) in [4.78, 5) is 27.0. The summed E-state index contributed by atoms with van der Waals surface area (Å²) >= 11 is 6.05. The van der Waals surface area contributed by atoms with Crippen LogP contribution in [0.1, 0.15) is 18.1 Å². The molecule has 7 heteroatoms. The molecule has 0 bridgehead atoms. The van der Waals surface area contributed by atoms with Gasteiger partial charge in [0, 0.05) is 0 Å². The smallest absolute Gasteiger partial charge is 0.270 e. The number of amides is 2. The quantitative estimate of drug-likeness (QED) is 0.640. The van der Waals surface area contributed by atoms with Gasteiger partial charge in [-0.15, -0.1) is 0 Å². The third-order valence-electron chi connectivity index (χ3n) is 2.47. The lowest BCUT2D eigenvalue weighted by Crippen LogP contribution is -2.27. The van der Waals surface area contributed by atoms with Crippen LogP contribution in [0.3, 0.4) is 0 Å². The van der Waals surface area contributed by atoms with Crippen molar-refractivity contribution in [2.45, 2.75) is 26.9 Å². The van der Waals surface area contributed by atoms with Gasteiger partial charge in [-0.05, 0) is 38.0 Å². The number of nitrogens with zero attached hydrogens (tertiary/aromatic N) is 1. The summed E-state index contributed by atoms with van der Waals surface area (Å²) < 4.78 is 0. The Morgan fingerprint density at radius 2 is 2.10 bits per heavy atom. The van der Waals surface area contributed by atoms with E-state index in [4.69, 9.17) is 22.2 Å². The highest BCUT2D eigenvalue weighted by atomic mass is 35.5. The molecule has 0 aliphatic heterocycles. The molecule has 0 unspecified atom stereocenters. The van der Waals surface area contributed by atoms with Crippen LogP contribution in [0.4, 0.5) is 5.69 Å². The van der Waals surface area contributed by atoms with Crippen LogP contribution in [0.5, 0.6) is 0 Å². The molecule has 1 rings (SSSR count). The van der Waals surface area contributed by atoms with Crippen LogP contribution in [0, 0.1) is 13.8 Å². The molecule has 0 radical (unpaired) electrons. The van der Waals surface area contributed by atoms with Crippen LogP contribution in [-0.2, 0) is 14.4 Å². The number of anilines is 1. The molecule has 0 aromatic heterocycles. The molecule has 1 aromatic rings. The number of carbonyl (C=O) groups is 2. The first-order valence-corrected chi connectivity index (χ1v) is 6.25. The van der Waals surface area contributed by atoms with Gasteiger partial charge in [0.15, 0.2) is 0 Å². The molecule has 108 valence electrons. The highest BCUT2D eigenvalue weighted by Gasteiger charge is 2.10. The molecule has 0 spiro atoms. The van der Waals surface area contributed by atoms with Gasteiger partial charge in [0.1, 0.15) is 6.21 Å². The maximum atomic E-state index is 11.6.